The molecule has 0 aromatic rings. The van der Waals surface area contributed by atoms with Crippen molar-refractivity contribution in [2.24, 2.45) is 5.73 Å². The topological polar surface area (TPSA) is 29.3 Å². The Morgan fingerprint density at radius 3 is 0.700 bits per heavy atom. The summed E-state index contributed by atoms with van der Waals surface area (Å²) in [6.45, 7) is 6.72. The average Bonchev–Trinajstić information content (AvgIpc) is 2.95. The Morgan fingerprint density at radius 1 is 0.350 bits per heavy atom. The van der Waals surface area contributed by atoms with E-state index in [9.17, 15) is 0 Å². The summed E-state index contributed by atoms with van der Waals surface area (Å²) in [5, 5.41) is 0.613. The van der Waals surface area contributed by atoms with Crippen LogP contribution in [0, 0.1) is 0 Å². The summed E-state index contributed by atoms with van der Waals surface area (Å²) in [4.78, 5) is 2.27. The molecule has 0 aliphatic rings. The van der Waals surface area contributed by atoms with Crippen LogP contribution in [0.3, 0.4) is 0 Å². The van der Waals surface area contributed by atoms with Crippen LogP contribution in [0.1, 0.15) is 219 Å². The van der Waals surface area contributed by atoms with E-state index < -0.39 is 0 Å². The molecule has 0 rings (SSSR count). The molecule has 0 spiro atoms. The molecule has 0 radical (unpaired) electrons. The zero-order valence-corrected chi connectivity index (χ0v) is 28.8. The monoisotopic (exact) mass is 581 g/mol. The summed E-state index contributed by atoms with van der Waals surface area (Å²) in [6, 6.07) is 0. The molecule has 3 heteroatoms. The zero-order chi connectivity index (χ0) is 29.2. The highest BCUT2D eigenvalue weighted by Crippen LogP contribution is 2.15. The second kappa shape index (κ2) is 34.9. The van der Waals surface area contributed by atoms with Gasteiger partial charge < -0.3 is 10.6 Å². The van der Waals surface area contributed by atoms with Gasteiger partial charge in [-0.1, -0.05) is 206 Å². The van der Waals surface area contributed by atoms with Gasteiger partial charge in [-0.15, -0.1) is 0 Å². The van der Waals surface area contributed by atoms with Crippen molar-refractivity contribution in [3.05, 3.63) is 0 Å². The number of rotatable bonds is 34. The van der Waals surface area contributed by atoms with E-state index in [1.54, 1.807) is 0 Å². The fourth-order valence-corrected chi connectivity index (χ4v) is 6.22. The first-order chi connectivity index (χ1) is 19.7. The largest absolute Gasteiger partial charge is 0.376 e. The zero-order valence-electron chi connectivity index (χ0n) is 28.0. The van der Waals surface area contributed by atoms with E-state index in [1.165, 1.54) is 205 Å². The van der Waals surface area contributed by atoms with Gasteiger partial charge in [0.1, 0.15) is 0 Å². The first-order valence-electron chi connectivity index (χ1n) is 18.8. The van der Waals surface area contributed by atoms with Gasteiger partial charge in [-0.05, 0) is 25.1 Å². The fourth-order valence-electron chi connectivity index (χ4n) is 6.03. The van der Waals surface area contributed by atoms with E-state index in [1.807, 2.05) is 0 Å². The van der Waals surface area contributed by atoms with E-state index in [0.29, 0.717) is 5.11 Å². The maximum Gasteiger partial charge on any atom is 0.166 e. The van der Waals surface area contributed by atoms with Crippen molar-refractivity contribution in [1.29, 1.82) is 0 Å². The first kappa shape index (κ1) is 39.7. The molecule has 0 fully saturated rings. The van der Waals surface area contributed by atoms with Crippen LogP contribution in [0.2, 0.25) is 0 Å². The number of nitrogens with zero attached hydrogens (tertiary/aromatic N) is 1. The minimum absolute atomic E-state index is 0.613. The van der Waals surface area contributed by atoms with Gasteiger partial charge in [0.15, 0.2) is 5.11 Å². The van der Waals surface area contributed by atoms with E-state index in [4.69, 9.17) is 18.0 Å². The molecule has 0 aromatic heterocycles. The normalized spacial score (nSPS) is 11.3. The fraction of sp³-hybridized carbons (Fsp3) is 0.973. The maximum atomic E-state index is 6.03. The molecule has 0 saturated carbocycles. The molecule has 0 unspecified atom stereocenters. The van der Waals surface area contributed by atoms with Crippen molar-refractivity contribution >= 4 is 17.3 Å². The lowest BCUT2D eigenvalue weighted by atomic mass is 10.0. The molecule has 0 heterocycles. The smallest absolute Gasteiger partial charge is 0.166 e. The van der Waals surface area contributed by atoms with Crippen LogP contribution >= 0.6 is 12.2 Å². The summed E-state index contributed by atoms with van der Waals surface area (Å²) >= 11 is 5.34. The number of hydrogen-bond acceptors (Lipinski definition) is 1. The van der Waals surface area contributed by atoms with Gasteiger partial charge in [0.2, 0.25) is 0 Å². The van der Waals surface area contributed by atoms with Gasteiger partial charge >= 0.3 is 0 Å². The van der Waals surface area contributed by atoms with Crippen LogP contribution in [-0.2, 0) is 0 Å². The van der Waals surface area contributed by atoms with Crippen LogP contribution in [0.5, 0.6) is 0 Å². The Kier molecular flexibility index (Phi) is 34.6. The van der Waals surface area contributed by atoms with Crippen molar-refractivity contribution in [1.82, 2.24) is 4.90 Å². The Balaban J connectivity index is 3.37. The Morgan fingerprint density at radius 2 is 0.525 bits per heavy atom. The highest BCUT2D eigenvalue weighted by atomic mass is 32.1. The third kappa shape index (κ3) is 32.2. The predicted octanol–water partition coefficient (Wildman–Crippen LogP) is 13.1. The Bertz CT molecular complexity index is 445. The molecule has 40 heavy (non-hydrogen) atoms. The third-order valence-electron chi connectivity index (χ3n) is 8.87. The van der Waals surface area contributed by atoms with Gasteiger partial charge in [0.05, 0.1) is 0 Å². The standard InChI is InChI=1S/C37H76N2S/c1-3-5-7-9-11-13-15-17-19-21-23-25-27-29-31-33-35-39(37(38)40)36-34-32-30-28-26-24-22-20-18-16-14-12-10-8-6-4-2/h3-36H2,1-2H3,(H2,38,40). The predicted molar refractivity (Wildman–Crippen MR) is 187 cm³/mol. The lowest BCUT2D eigenvalue weighted by Gasteiger charge is -2.22. The molecule has 0 atom stereocenters. The van der Waals surface area contributed by atoms with Crippen molar-refractivity contribution in [2.45, 2.75) is 219 Å². The van der Waals surface area contributed by atoms with Gasteiger partial charge in [0, 0.05) is 13.1 Å². The lowest BCUT2D eigenvalue weighted by Crippen LogP contribution is -2.37. The molecule has 0 saturated heterocycles. The molecular formula is C37H76N2S. The molecule has 0 aromatic carbocycles. The minimum atomic E-state index is 0.613. The van der Waals surface area contributed by atoms with Crippen LogP contribution in [0.25, 0.3) is 0 Å². The first-order valence-corrected chi connectivity index (χ1v) is 19.2. The summed E-state index contributed by atoms with van der Waals surface area (Å²) in [7, 11) is 0. The van der Waals surface area contributed by atoms with Gasteiger partial charge in [-0.25, -0.2) is 0 Å². The van der Waals surface area contributed by atoms with E-state index in [2.05, 4.69) is 18.7 Å². The van der Waals surface area contributed by atoms with Gasteiger partial charge in [-0.3, -0.25) is 0 Å². The number of unbranched alkanes of at least 4 members (excludes halogenated alkanes) is 30. The summed E-state index contributed by atoms with van der Waals surface area (Å²) in [5.41, 5.74) is 6.03. The Hall–Kier alpha value is -0.310. The maximum absolute atomic E-state index is 6.03. The molecule has 2 N–H and O–H groups in total. The van der Waals surface area contributed by atoms with E-state index >= 15 is 0 Å². The summed E-state index contributed by atoms with van der Waals surface area (Å²) in [6.07, 6.45) is 45.4. The highest BCUT2D eigenvalue weighted by Gasteiger charge is 2.06. The minimum Gasteiger partial charge on any atom is -0.376 e. The number of nitrogens with two attached hydrogens (primary N) is 1. The van der Waals surface area contributed by atoms with Gasteiger partial charge in [-0.2, -0.15) is 0 Å². The quantitative estimate of drug-likeness (QED) is 0.0606. The van der Waals surface area contributed by atoms with Crippen LogP contribution in [0.4, 0.5) is 0 Å². The molecular weight excluding hydrogens is 504 g/mol. The second-order valence-electron chi connectivity index (χ2n) is 12.9. The van der Waals surface area contributed by atoms with Crippen LogP contribution < -0.4 is 5.73 Å². The van der Waals surface area contributed by atoms with Crippen LogP contribution in [0.15, 0.2) is 0 Å². The van der Waals surface area contributed by atoms with Crippen molar-refractivity contribution in [2.75, 3.05) is 13.1 Å². The van der Waals surface area contributed by atoms with Crippen molar-refractivity contribution in [3.8, 4) is 0 Å². The molecule has 0 amide bonds. The molecule has 0 aliphatic carbocycles. The third-order valence-corrected chi connectivity index (χ3v) is 9.13. The van der Waals surface area contributed by atoms with Crippen molar-refractivity contribution < 1.29 is 0 Å². The lowest BCUT2D eigenvalue weighted by molar-refractivity contribution is 0.385. The van der Waals surface area contributed by atoms with Gasteiger partial charge in [0.25, 0.3) is 0 Å². The number of thiocarbonyl (C=S) groups is 1. The molecule has 240 valence electrons. The van der Waals surface area contributed by atoms with E-state index in [0.717, 1.165) is 13.1 Å². The van der Waals surface area contributed by atoms with Crippen molar-refractivity contribution in [3.63, 3.8) is 0 Å². The molecule has 2 nitrogen and oxygen atoms in total. The molecule has 0 aliphatic heterocycles. The molecule has 0 bridgehead atoms. The summed E-state index contributed by atoms with van der Waals surface area (Å²) < 4.78 is 0. The summed E-state index contributed by atoms with van der Waals surface area (Å²) in [5.74, 6) is 0. The average molecular weight is 581 g/mol. The highest BCUT2D eigenvalue weighted by molar-refractivity contribution is 7.80. The van der Waals surface area contributed by atoms with Crippen LogP contribution in [-0.4, -0.2) is 23.1 Å². The Labute approximate surface area is 259 Å². The number of hydrogen-bond donors (Lipinski definition) is 1. The SMILES string of the molecule is CCCCCCCCCCCCCCCCCCN(CCCCCCCCCCCCCCCCCC)C(N)=S. The van der Waals surface area contributed by atoms with E-state index in [-0.39, 0.29) is 0 Å². The second-order valence-corrected chi connectivity index (χ2v) is 13.4.